The third kappa shape index (κ3) is 5.01. The van der Waals surface area contributed by atoms with Gasteiger partial charge in [-0.1, -0.05) is 23.5 Å². The second kappa shape index (κ2) is 10.1. The summed E-state index contributed by atoms with van der Waals surface area (Å²) in [5.74, 6) is 0.773. The third-order valence-electron chi connectivity index (χ3n) is 4.71. The zero-order chi connectivity index (χ0) is 20.2. The number of fused-ring (bicyclic) bond motifs is 1. The molecule has 1 aliphatic heterocycles. The summed E-state index contributed by atoms with van der Waals surface area (Å²) in [6.07, 6.45) is 3.57. The quantitative estimate of drug-likeness (QED) is 0.223. The Labute approximate surface area is 196 Å². The minimum absolute atomic E-state index is 0. The second-order valence-corrected chi connectivity index (χ2v) is 7.76. The van der Waals surface area contributed by atoms with Crippen molar-refractivity contribution in [3.05, 3.63) is 36.7 Å². The average molecular weight is 540 g/mol. The number of para-hydroxylation sites is 1. The fourth-order valence-electron chi connectivity index (χ4n) is 3.30. The van der Waals surface area contributed by atoms with Gasteiger partial charge in [0.25, 0.3) is 0 Å². The highest BCUT2D eigenvalue weighted by Crippen LogP contribution is 2.25. The van der Waals surface area contributed by atoms with Gasteiger partial charge in [0, 0.05) is 46.5 Å². The number of halogens is 1. The molecule has 0 aliphatic carbocycles. The lowest BCUT2D eigenvalue weighted by Crippen LogP contribution is -2.55. The lowest BCUT2D eigenvalue weighted by atomic mass is 10.3. The highest BCUT2D eigenvalue weighted by atomic mass is 127. The lowest BCUT2D eigenvalue weighted by molar-refractivity contribution is -0.120. The van der Waals surface area contributed by atoms with E-state index in [1.54, 1.807) is 34.2 Å². The number of aliphatic imine (C=N–C) groups is 1. The molecule has 4 rings (SSSR count). The number of nitrogens with zero attached hydrogens (tertiary/aromatic N) is 6. The van der Waals surface area contributed by atoms with Crippen LogP contribution in [0.2, 0.25) is 0 Å². The van der Waals surface area contributed by atoms with Crippen LogP contribution in [0.25, 0.3) is 10.2 Å². The van der Waals surface area contributed by atoms with Crippen molar-refractivity contribution >= 4 is 68.2 Å². The maximum absolute atomic E-state index is 12.6. The van der Waals surface area contributed by atoms with Crippen LogP contribution in [0.4, 0.5) is 10.8 Å². The summed E-state index contributed by atoms with van der Waals surface area (Å²) in [5.41, 5.74) is 1.84. The maximum atomic E-state index is 12.6. The van der Waals surface area contributed by atoms with Crippen LogP contribution in [0.15, 0.2) is 41.7 Å². The van der Waals surface area contributed by atoms with Crippen molar-refractivity contribution in [3.63, 3.8) is 0 Å². The first-order valence-corrected chi connectivity index (χ1v) is 10.3. The summed E-state index contributed by atoms with van der Waals surface area (Å²) < 4.78 is 2.87. The molecule has 0 saturated carbocycles. The van der Waals surface area contributed by atoms with Crippen LogP contribution < -0.4 is 15.5 Å². The Morgan fingerprint density at radius 2 is 2.10 bits per heavy atom. The smallest absolute Gasteiger partial charge is 0.246 e. The molecular formula is C19H25IN8OS. The Morgan fingerprint density at radius 3 is 2.80 bits per heavy atom. The number of hydrogen-bond acceptors (Lipinski definition) is 6. The second-order valence-electron chi connectivity index (χ2n) is 6.73. The summed E-state index contributed by atoms with van der Waals surface area (Å²) >= 11 is 1.64. The van der Waals surface area contributed by atoms with E-state index in [0.29, 0.717) is 32.7 Å². The number of anilines is 2. The molecule has 1 amide bonds. The van der Waals surface area contributed by atoms with Gasteiger partial charge in [0.1, 0.15) is 6.54 Å². The van der Waals surface area contributed by atoms with Gasteiger partial charge in [-0.2, -0.15) is 5.10 Å². The first-order chi connectivity index (χ1) is 14.1. The number of rotatable bonds is 5. The topological polar surface area (TPSA) is 90.7 Å². The first-order valence-electron chi connectivity index (χ1n) is 9.48. The molecule has 1 aliphatic rings. The Hall–Kier alpha value is -2.41. The summed E-state index contributed by atoms with van der Waals surface area (Å²) in [6, 6.07) is 8.09. The van der Waals surface area contributed by atoms with E-state index in [1.807, 2.05) is 36.3 Å². The first kappa shape index (κ1) is 22.3. The maximum Gasteiger partial charge on any atom is 0.246 e. The molecule has 1 fully saturated rings. The Bertz CT molecular complexity index is 999. The molecule has 1 saturated heterocycles. The molecule has 30 heavy (non-hydrogen) atoms. The molecule has 0 unspecified atom stereocenters. The van der Waals surface area contributed by atoms with Crippen molar-refractivity contribution in [1.29, 1.82) is 0 Å². The van der Waals surface area contributed by atoms with Gasteiger partial charge in [0.2, 0.25) is 5.91 Å². The molecule has 0 atom stereocenters. The number of piperazine rings is 1. The van der Waals surface area contributed by atoms with Gasteiger partial charge in [-0.15, -0.1) is 24.0 Å². The van der Waals surface area contributed by atoms with Crippen molar-refractivity contribution in [1.82, 2.24) is 25.0 Å². The summed E-state index contributed by atoms with van der Waals surface area (Å²) in [4.78, 5) is 25.2. The molecule has 1 aromatic carbocycles. The normalized spacial score (nSPS) is 14.7. The minimum Gasteiger partial charge on any atom is -0.360 e. The molecule has 0 bridgehead atoms. The van der Waals surface area contributed by atoms with Crippen LogP contribution in [0.5, 0.6) is 0 Å². The number of guanidine groups is 1. The number of carbonyl (C=O) groups is 1. The zero-order valence-corrected chi connectivity index (χ0v) is 20.1. The van der Waals surface area contributed by atoms with Crippen molar-refractivity contribution in [3.8, 4) is 0 Å². The molecule has 160 valence electrons. The van der Waals surface area contributed by atoms with E-state index in [1.165, 1.54) is 4.70 Å². The molecule has 3 heterocycles. The van der Waals surface area contributed by atoms with Gasteiger partial charge in [-0.05, 0) is 12.1 Å². The minimum atomic E-state index is 0. The molecule has 11 heteroatoms. The third-order valence-corrected chi connectivity index (χ3v) is 5.71. The van der Waals surface area contributed by atoms with Crippen LogP contribution in [0.1, 0.15) is 0 Å². The van der Waals surface area contributed by atoms with E-state index in [4.69, 9.17) is 0 Å². The highest BCUT2D eigenvalue weighted by Gasteiger charge is 2.27. The molecule has 9 nitrogen and oxygen atoms in total. The monoisotopic (exact) mass is 540 g/mol. The molecular weight excluding hydrogens is 515 g/mol. The predicted molar refractivity (Wildman–Crippen MR) is 132 cm³/mol. The van der Waals surface area contributed by atoms with Crippen LogP contribution in [0, 0.1) is 0 Å². The number of amides is 1. The van der Waals surface area contributed by atoms with E-state index in [9.17, 15) is 4.79 Å². The highest BCUT2D eigenvalue weighted by molar-refractivity contribution is 14.0. The van der Waals surface area contributed by atoms with Crippen LogP contribution in [-0.2, 0) is 11.8 Å². The van der Waals surface area contributed by atoms with Crippen molar-refractivity contribution in [2.45, 2.75) is 0 Å². The van der Waals surface area contributed by atoms with Crippen molar-refractivity contribution in [2.75, 3.05) is 50.0 Å². The van der Waals surface area contributed by atoms with Gasteiger partial charge in [-0.25, -0.2) is 4.98 Å². The Balaban J connectivity index is 0.00000256. The Morgan fingerprint density at radius 1 is 1.27 bits per heavy atom. The fraction of sp³-hybridized carbons (Fsp3) is 0.368. The van der Waals surface area contributed by atoms with Gasteiger partial charge >= 0.3 is 0 Å². The number of thiazole rings is 1. The van der Waals surface area contributed by atoms with Crippen LogP contribution in [0.3, 0.4) is 0 Å². The largest absolute Gasteiger partial charge is 0.360 e. The van der Waals surface area contributed by atoms with Gasteiger partial charge in [0.05, 0.1) is 22.1 Å². The van der Waals surface area contributed by atoms with E-state index < -0.39 is 0 Å². The van der Waals surface area contributed by atoms with Crippen molar-refractivity contribution < 1.29 is 4.79 Å². The van der Waals surface area contributed by atoms with Gasteiger partial charge in [-0.3, -0.25) is 14.5 Å². The van der Waals surface area contributed by atoms with Crippen LogP contribution in [-0.4, -0.2) is 71.3 Å². The standard InChI is InChI=1S/C19H24N8OS.HI/c1-20-18(21-7-8-22-19-24-15-5-3-4-6-16(15)29-19)26-9-10-27(17(28)13-26)14-11-23-25(2)12-14;/h3-6,11-12H,7-10,13H2,1-2H3,(H,20,21)(H,22,24);1H. The van der Waals surface area contributed by atoms with E-state index in [2.05, 4.69) is 31.8 Å². The SMILES string of the molecule is CN=C(NCCNc1nc2ccccc2s1)N1CCN(c2cnn(C)c2)C(=O)C1.I. The van der Waals surface area contributed by atoms with E-state index >= 15 is 0 Å². The van der Waals surface area contributed by atoms with Crippen LogP contribution >= 0.6 is 35.3 Å². The number of aromatic nitrogens is 3. The average Bonchev–Trinajstić information content (AvgIpc) is 3.33. The van der Waals surface area contributed by atoms with E-state index in [-0.39, 0.29) is 29.9 Å². The fourth-order valence-corrected chi connectivity index (χ4v) is 4.19. The van der Waals surface area contributed by atoms with E-state index in [0.717, 1.165) is 22.3 Å². The number of nitrogens with one attached hydrogen (secondary N) is 2. The van der Waals surface area contributed by atoms with Gasteiger partial charge in [0.15, 0.2) is 11.1 Å². The molecule has 2 aromatic heterocycles. The molecule has 3 aromatic rings. The predicted octanol–water partition coefficient (Wildman–Crippen LogP) is 1.98. The molecule has 2 N–H and O–H groups in total. The summed E-state index contributed by atoms with van der Waals surface area (Å²) in [5, 5.41) is 11.7. The molecule has 0 radical (unpaired) electrons. The molecule has 0 spiro atoms. The number of carbonyl (C=O) groups excluding carboxylic acids is 1. The number of aryl methyl sites for hydroxylation is 1. The zero-order valence-electron chi connectivity index (χ0n) is 16.9. The summed E-state index contributed by atoms with van der Waals surface area (Å²) in [6.45, 7) is 3.00. The lowest BCUT2D eigenvalue weighted by Gasteiger charge is -2.35. The van der Waals surface area contributed by atoms with Crippen molar-refractivity contribution in [2.24, 2.45) is 12.0 Å². The summed E-state index contributed by atoms with van der Waals surface area (Å²) in [7, 11) is 3.58. The Kier molecular flexibility index (Phi) is 7.48. The number of benzene rings is 1. The van der Waals surface area contributed by atoms with Gasteiger partial charge < -0.3 is 20.4 Å². The number of hydrogen-bond donors (Lipinski definition) is 2.